The normalized spacial score (nSPS) is 28.3. The summed E-state index contributed by atoms with van der Waals surface area (Å²) in [6.07, 6.45) is 1.93. The van der Waals surface area contributed by atoms with Crippen LogP contribution in [-0.4, -0.2) is 5.97 Å². The fourth-order valence-electron chi connectivity index (χ4n) is 2.56. The number of aryl methyl sites for hydroxylation is 1. The molecule has 0 saturated carbocycles. The summed E-state index contributed by atoms with van der Waals surface area (Å²) >= 11 is 0. The highest BCUT2D eigenvalue weighted by molar-refractivity contribution is 5.91. The molecular formula is C13H12O2. The van der Waals surface area contributed by atoms with Gasteiger partial charge in [0.2, 0.25) is 0 Å². The van der Waals surface area contributed by atoms with E-state index in [1.807, 2.05) is 12.1 Å². The zero-order valence-corrected chi connectivity index (χ0v) is 8.40. The van der Waals surface area contributed by atoms with Gasteiger partial charge in [-0.05, 0) is 24.0 Å². The van der Waals surface area contributed by atoms with Crippen LogP contribution in [0.3, 0.4) is 0 Å². The van der Waals surface area contributed by atoms with Gasteiger partial charge in [-0.15, -0.1) is 0 Å². The maximum Gasteiger partial charge on any atom is 0.334 e. The van der Waals surface area contributed by atoms with Gasteiger partial charge in [0.15, 0.2) is 0 Å². The number of ether oxygens (including phenoxy) is 1. The lowest BCUT2D eigenvalue weighted by Crippen LogP contribution is -2.17. The van der Waals surface area contributed by atoms with Gasteiger partial charge in [-0.1, -0.05) is 30.8 Å². The lowest BCUT2D eigenvalue weighted by atomic mass is 9.80. The first-order valence-corrected chi connectivity index (χ1v) is 5.25. The second-order valence-corrected chi connectivity index (χ2v) is 4.20. The number of rotatable bonds is 0. The zero-order valence-electron chi connectivity index (χ0n) is 8.40. The summed E-state index contributed by atoms with van der Waals surface area (Å²) in [6.45, 7) is 3.82. The summed E-state index contributed by atoms with van der Waals surface area (Å²) < 4.78 is 5.37. The molecule has 1 saturated heterocycles. The lowest BCUT2D eigenvalue weighted by Gasteiger charge is -2.25. The fourth-order valence-corrected chi connectivity index (χ4v) is 2.56. The van der Waals surface area contributed by atoms with Crippen molar-refractivity contribution in [1.29, 1.82) is 0 Å². The Bertz CT molecular complexity index is 448. The van der Waals surface area contributed by atoms with Gasteiger partial charge in [-0.3, -0.25) is 0 Å². The van der Waals surface area contributed by atoms with E-state index < -0.39 is 0 Å². The van der Waals surface area contributed by atoms with Gasteiger partial charge in [-0.25, -0.2) is 4.79 Å². The van der Waals surface area contributed by atoms with Crippen molar-refractivity contribution in [3.05, 3.63) is 47.5 Å². The van der Waals surface area contributed by atoms with E-state index in [1.165, 1.54) is 11.1 Å². The number of fused-ring (bicyclic) bond motifs is 3. The van der Waals surface area contributed by atoms with Crippen LogP contribution < -0.4 is 0 Å². The Balaban J connectivity index is 2.09. The molecule has 1 aromatic carbocycles. The molecule has 1 aliphatic carbocycles. The molecule has 1 aliphatic heterocycles. The SMILES string of the molecule is C=C1C(=O)O[C@H]2c3ccccc3CC[C@@H]12. The van der Waals surface area contributed by atoms with Gasteiger partial charge in [-0.2, -0.15) is 0 Å². The minimum atomic E-state index is -0.221. The lowest BCUT2D eigenvalue weighted by molar-refractivity contribution is -0.139. The van der Waals surface area contributed by atoms with E-state index in [0.29, 0.717) is 5.57 Å². The Morgan fingerprint density at radius 2 is 2.13 bits per heavy atom. The first-order valence-electron chi connectivity index (χ1n) is 5.25. The van der Waals surface area contributed by atoms with E-state index in [4.69, 9.17) is 4.74 Å². The monoisotopic (exact) mass is 200 g/mol. The molecule has 0 bridgehead atoms. The first-order chi connectivity index (χ1) is 7.27. The Hall–Kier alpha value is -1.57. The predicted octanol–water partition coefficient (Wildman–Crippen LogP) is 2.40. The van der Waals surface area contributed by atoms with Crippen LogP contribution in [0.1, 0.15) is 23.7 Å². The van der Waals surface area contributed by atoms with Crippen molar-refractivity contribution in [2.24, 2.45) is 5.92 Å². The Kier molecular flexibility index (Phi) is 1.72. The van der Waals surface area contributed by atoms with E-state index in [2.05, 4.69) is 18.7 Å². The van der Waals surface area contributed by atoms with Crippen LogP contribution in [0.25, 0.3) is 0 Å². The second-order valence-electron chi connectivity index (χ2n) is 4.20. The predicted molar refractivity (Wildman–Crippen MR) is 56.2 cm³/mol. The van der Waals surface area contributed by atoms with E-state index in [-0.39, 0.29) is 18.0 Å². The molecule has 15 heavy (non-hydrogen) atoms. The zero-order chi connectivity index (χ0) is 10.4. The van der Waals surface area contributed by atoms with Gasteiger partial charge >= 0.3 is 5.97 Å². The van der Waals surface area contributed by atoms with Crippen molar-refractivity contribution in [2.75, 3.05) is 0 Å². The smallest absolute Gasteiger partial charge is 0.334 e. The molecule has 3 rings (SSSR count). The number of esters is 1. The summed E-state index contributed by atoms with van der Waals surface area (Å²) in [5.74, 6) is -0.0193. The number of benzene rings is 1. The molecule has 0 spiro atoms. The standard InChI is InChI=1S/C13H12O2/c1-8-10-7-6-9-4-2-3-5-11(9)12(10)15-13(8)14/h2-5,10,12H,1,6-7H2/t10-,12+/m0/s1. The van der Waals surface area contributed by atoms with Crippen molar-refractivity contribution in [1.82, 2.24) is 0 Å². The van der Waals surface area contributed by atoms with Crippen LogP contribution in [0.4, 0.5) is 0 Å². The molecule has 0 radical (unpaired) electrons. The quantitative estimate of drug-likeness (QED) is 0.475. The molecular weight excluding hydrogens is 188 g/mol. The average Bonchev–Trinajstić information content (AvgIpc) is 2.56. The number of carbonyl (C=O) groups is 1. The van der Waals surface area contributed by atoms with Crippen LogP contribution in [-0.2, 0) is 16.0 Å². The van der Waals surface area contributed by atoms with Gasteiger partial charge in [0.1, 0.15) is 6.10 Å². The Labute approximate surface area is 88.6 Å². The van der Waals surface area contributed by atoms with Gasteiger partial charge in [0.25, 0.3) is 0 Å². The van der Waals surface area contributed by atoms with Gasteiger partial charge in [0, 0.05) is 11.5 Å². The molecule has 0 amide bonds. The minimum Gasteiger partial charge on any atom is -0.453 e. The van der Waals surface area contributed by atoms with Crippen molar-refractivity contribution >= 4 is 5.97 Å². The summed E-state index contributed by atoms with van der Waals surface area (Å²) in [7, 11) is 0. The van der Waals surface area contributed by atoms with E-state index >= 15 is 0 Å². The molecule has 1 fully saturated rings. The average molecular weight is 200 g/mol. The highest BCUT2D eigenvalue weighted by atomic mass is 16.6. The number of hydrogen-bond donors (Lipinski definition) is 0. The third-order valence-electron chi connectivity index (χ3n) is 3.40. The third-order valence-corrected chi connectivity index (χ3v) is 3.40. The maximum absolute atomic E-state index is 11.4. The molecule has 2 atom stereocenters. The van der Waals surface area contributed by atoms with Gasteiger partial charge in [0.05, 0.1) is 0 Å². The highest BCUT2D eigenvalue weighted by Gasteiger charge is 2.42. The highest BCUT2D eigenvalue weighted by Crippen LogP contribution is 2.45. The molecule has 1 aromatic rings. The number of carbonyl (C=O) groups excluding carboxylic acids is 1. The van der Waals surface area contributed by atoms with Crippen LogP contribution in [0.2, 0.25) is 0 Å². The van der Waals surface area contributed by atoms with Crippen LogP contribution in [0, 0.1) is 5.92 Å². The largest absolute Gasteiger partial charge is 0.453 e. The molecule has 76 valence electrons. The Morgan fingerprint density at radius 3 is 3.00 bits per heavy atom. The van der Waals surface area contributed by atoms with Crippen molar-refractivity contribution in [3.8, 4) is 0 Å². The summed E-state index contributed by atoms with van der Waals surface area (Å²) in [5.41, 5.74) is 3.12. The molecule has 1 heterocycles. The molecule has 0 unspecified atom stereocenters. The molecule has 0 aromatic heterocycles. The third kappa shape index (κ3) is 1.14. The first kappa shape index (κ1) is 8.72. The van der Waals surface area contributed by atoms with E-state index in [0.717, 1.165) is 12.8 Å². The van der Waals surface area contributed by atoms with Crippen molar-refractivity contribution < 1.29 is 9.53 Å². The second kappa shape index (κ2) is 2.96. The minimum absolute atomic E-state index is 0.0741. The van der Waals surface area contributed by atoms with Crippen LogP contribution >= 0.6 is 0 Å². The molecule has 2 nitrogen and oxygen atoms in total. The Morgan fingerprint density at radius 1 is 1.33 bits per heavy atom. The molecule has 0 N–H and O–H groups in total. The molecule has 2 heteroatoms. The van der Waals surface area contributed by atoms with Gasteiger partial charge < -0.3 is 4.74 Å². The fraction of sp³-hybridized carbons (Fsp3) is 0.308. The van der Waals surface area contributed by atoms with Crippen LogP contribution in [0.15, 0.2) is 36.4 Å². The van der Waals surface area contributed by atoms with Crippen molar-refractivity contribution in [2.45, 2.75) is 18.9 Å². The number of hydrogen-bond acceptors (Lipinski definition) is 2. The van der Waals surface area contributed by atoms with Crippen LogP contribution in [0.5, 0.6) is 0 Å². The summed E-state index contributed by atoms with van der Waals surface area (Å²) in [6, 6.07) is 8.19. The van der Waals surface area contributed by atoms with E-state index in [1.54, 1.807) is 0 Å². The molecule has 2 aliphatic rings. The van der Waals surface area contributed by atoms with Crippen molar-refractivity contribution in [3.63, 3.8) is 0 Å². The maximum atomic E-state index is 11.4. The topological polar surface area (TPSA) is 26.3 Å². The summed E-state index contributed by atoms with van der Waals surface area (Å²) in [4.78, 5) is 11.4. The van der Waals surface area contributed by atoms with E-state index in [9.17, 15) is 4.79 Å². The summed E-state index contributed by atoms with van der Waals surface area (Å²) in [5, 5.41) is 0.